The molecular formula is C29H35IN2O6. The molecule has 3 atom stereocenters. The van der Waals surface area contributed by atoms with E-state index in [-0.39, 0.29) is 37.8 Å². The van der Waals surface area contributed by atoms with Crippen LogP contribution in [-0.4, -0.2) is 72.0 Å². The number of nitrogens with zero attached hydrogens (tertiary/aromatic N) is 1. The maximum absolute atomic E-state index is 13.4. The number of allylic oxidation sites excluding steroid dienone is 1. The summed E-state index contributed by atoms with van der Waals surface area (Å²) in [5.74, 6) is 0.783. The van der Waals surface area contributed by atoms with Crippen LogP contribution in [0, 0.1) is 3.57 Å². The Balaban J connectivity index is 1.94. The van der Waals surface area contributed by atoms with Crippen molar-refractivity contribution in [1.82, 2.24) is 10.2 Å². The smallest absolute Gasteiger partial charge is 0.247 e. The van der Waals surface area contributed by atoms with Gasteiger partial charge in [0.15, 0.2) is 0 Å². The highest BCUT2D eigenvalue weighted by atomic mass is 127. The summed E-state index contributed by atoms with van der Waals surface area (Å²) in [7, 11) is 1.60. The van der Waals surface area contributed by atoms with Crippen LogP contribution in [0.2, 0.25) is 0 Å². The van der Waals surface area contributed by atoms with Gasteiger partial charge in [-0.05, 0) is 65.3 Å². The number of carbonyl (C=O) groups excluding carboxylic acids is 2. The van der Waals surface area contributed by atoms with Crippen molar-refractivity contribution in [2.24, 2.45) is 0 Å². The van der Waals surface area contributed by atoms with Gasteiger partial charge in [0.1, 0.15) is 23.7 Å². The predicted molar refractivity (Wildman–Crippen MR) is 154 cm³/mol. The van der Waals surface area contributed by atoms with Gasteiger partial charge in [0.2, 0.25) is 11.8 Å². The summed E-state index contributed by atoms with van der Waals surface area (Å²) in [5.41, 5.74) is 1.33. The van der Waals surface area contributed by atoms with Crippen LogP contribution in [0.4, 0.5) is 0 Å². The molecule has 9 heteroatoms. The molecule has 0 saturated heterocycles. The van der Waals surface area contributed by atoms with E-state index in [0.717, 1.165) is 14.9 Å². The number of aliphatic hydroxyl groups is 2. The van der Waals surface area contributed by atoms with E-state index in [0.29, 0.717) is 30.7 Å². The van der Waals surface area contributed by atoms with Gasteiger partial charge in [-0.25, -0.2) is 0 Å². The van der Waals surface area contributed by atoms with Crippen molar-refractivity contribution in [3.63, 3.8) is 0 Å². The molecule has 0 fully saturated rings. The van der Waals surface area contributed by atoms with E-state index in [9.17, 15) is 19.8 Å². The van der Waals surface area contributed by atoms with Crippen LogP contribution >= 0.6 is 22.6 Å². The second-order valence-electron chi connectivity index (χ2n) is 8.92. The van der Waals surface area contributed by atoms with Crippen molar-refractivity contribution in [2.75, 3.05) is 26.8 Å². The Morgan fingerprint density at radius 2 is 1.89 bits per heavy atom. The van der Waals surface area contributed by atoms with Crippen molar-refractivity contribution in [3.05, 3.63) is 82.0 Å². The molecule has 0 bridgehead atoms. The first-order valence-electron chi connectivity index (χ1n) is 12.6. The van der Waals surface area contributed by atoms with Gasteiger partial charge in [-0.2, -0.15) is 0 Å². The van der Waals surface area contributed by atoms with Crippen molar-refractivity contribution < 1.29 is 29.3 Å². The summed E-state index contributed by atoms with van der Waals surface area (Å²) in [4.78, 5) is 28.0. The van der Waals surface area contributed by atoms with Crippen molar-refractivity contribution >= 4 is 34.4 Å². The quantitative estimate of drug-likeness (QED) is 0.231. The molecule has 0 spiro atoms. The van der Waals surface area contributed by atoms with Gasteiger partial charge >= 0.3 is 0 Å². The van der Waals surface area contributed by atoms with E-state index in [4.69, 9.17) is 9.47 Å². The molecule has 3 N–H and O–H groups in total. The molecule has 2 aromatic rings. The fourth-order valence-corrected chi connectivity index (χ4v) is 4.98. The number of aliphatic hydroxyl groups excluding tert-OH is 2. The van der Waals surface area contributed by atoms with Gasteiger partial charge in [-0.15, -0.1) is 6.58 Å². The van der Waals surface area contributed by atoms with E-state index in [1.54, 1.807) is 30.2 Å². The normalized spacial score (nSPS) is 18.7. The summed E-state index contributed by atoms with van der Waals surface area (Å²) < 4.78 is 12.5. The molecule has 2 aromatic carbocycles. The fraction of sp³-hybridized carbons (Fsp3) is 0.379. The summed E-state index contributed by atoms with van der Waals surface area (Å²) in [6.07, 6.45) is 2.74. The van der Waals surface area contributed by atoms with E-state index < -0.39 is 18.2 Å². The molecule has 0 saturated carbocycles. The van der Waals surface area contributed by atoms with Crippen molar-refractivity contribution in [1.29, 1.82) is 0 Å². The van der Waals surface area contributed by atoms with Gasteiger partial charge in [0, 0.05) is 31.5 Å². The van der Waals surface area contributed by atoms with Crippen LogP contribution in [0.3, 0.4) is 0 Å². The molecule has 0 heterocycles. The zero-order valence-corrected chi connectivity index (χ0v) is 23.7. The number of nitrogens with one attached hydrogen (secondary N) is 1. The Hall–Kier alpha value is -2.89. The molecule has 0 radical (unpaired) electrons. The zero-order valence-electron chi connectivity index (χ0n) is 21.5. The number of carbonyl (C=O) groups is 2. The number of para-hydroxylation sites is 2. The van der Waals surface area contributed by atoms with Crippen molar-refractivity contribution in [3.8, 4) is 11.5 Å². The standard InChI is InChI=1S/C29H35IN2O6/c1-3-4-13-27(34)32(16-14-20-9-5-7-11-24(20)37-2)23-18-21(29(36)31-15-17-33)19-26(28(23)35)38-25-12-8-6-10-22(25)30/h3,5-12,19,23,26,28,33,35H,1,4,13-18H2,2H3,(H,31,36)/t23-,26+,28+/m1/s1. The molecule has 2 amide bonds. The van der Waals surface area contributed by atoms with Crippen LogP contribution in [0.15, 0.2) is 72.8 Å². The second kappa shape index (κ2) is 14.9. The number of ether oxygens (including phenoxy) is 2. The molecule has 0 aliphatic heterocycles. The molecule has 1 aliphatic rings. The molecule has 38 heavy (non-hydrogen) atoms. The predicted octanol–water partition coefficient (Wildman–Crippen LogP) is 3.25. The maximum Gasteiger partial charge on any atom is 0.247 e. The van der Waals surface area contributed by atoms with E-state index in [1.165, 1.54) is 0 Å². The first-order valence-corrected chi connectivity index (χ1v) is 13.7. The first kappa shape index (κ1) is 29.7. The molecular weight excluding hydrogens is 599 g/mol. The Kier molecular flexibility index (Phi) is 11.6. The van der Waals surface area contributed by atoms with Gasteiger partial charge < -0.3 is 29.9 Å². The minimum atomic E-state index is -1.08. The lowest BCUT2D eigenvalue weighted by Crippen LogP contribution is -2.55. The molecule has 204 valence electrons. The molecule has 3 rings (SSSR count). The average molecular weight is 635 g/mol. The van der Waals surface area contributed by atoms with Crippen LogP contribution in [-0.2, 0) is 16.0 Å². The minimum absolute atomic E-state index is 0.0985. The summed E-state index contributed by atoms with van der Waals surface area (Å²) in [6, 6.07) is 14.3. The van der Waals surface area contributed by atoms with Gasteiger partial charge in [0.05, 0.1) is 23.3 Å². The summed E-state index contributed by atoms with van der Waals surface area (Å²) in [5, 5.41) is 23.4. The number of hydrogen-bond donors (Lipinski definition) is 3. The number of rotatable bonds is 13. The molecule has 1 aliphatic carbocycles. The highest BCUT2D eigenvalue weighted by Gasteiger charge is 2.40. The topological polar surface area (TPSA) is 108 Å². The van der Waals surface area contributed by atoms with E-state index in [2.05, 4.69) is 34.5 Å². The Morgan fingerprint density at radius 3 is 2.58 bits per heavy atom. The number of hydrogen-bond acceptors (Lipinski definition) is 6. The first-order chi connectivity index (χ1) is 18.4. The third-order valence-corrected chi connectivity index (χ3v) is 7.30. The Bertz CT molecular complexity index is 1140. The third kappa shape index (κ3) is 7.81. The Labute approximate surface area is 237 Å². The molecule has 0 aromatic heterocycles. The lowest BCUT2D eigenvalue weighted by Gasteiger charge is -2.40. The number of benzene rings is 2. The third-order valence-electron chi connectivity index (χ3n) is 6.41. The van der Waals surface area contributed by atoms with Crippen LogP contribution in [0.5, 0.6) is 11.5 Å². The second-order valence-corrected chi connectivity index (χ2v) is 10.1. The minimum Gasteiger partial charge on any atom is -0.496 e. The highest BCUT2D eigenvalue weighted by molar-refractivity contribution is 14.1. The molecule has 0 unspecified atom stereocenters. The average Bonchev–Trinajstić information content (AvgIpc) is 2.93. The van der Waals surface area contributed by atoms with E-state index >= 15 is 0 Å². The summed E-state index contributed by atoms with van der Waals surface area (Å²) >= 11 is 2.15. The van der Waals surface area contributed by atoms with Gasteiger partial charge in [0.25, 0.3) is 0 Å². The fourth-order valence-electron chi connectivity index (χ4n) is 4.46. The zero-order chi connectivity index (χ0) is 27.5. The van der Waals surface area contributed by atoms with Crippen LogP contribution < -0.4 is 14.8 Å². The molecule has 8 nitrogen and oxygen atoms in total. The monoisotopic (exact) mass is 634 g/mol. The maximum atomic E-state index is 13.4. The lowest BCUT2D eigenvalue weighted by molar-refractivity contribution is -0.138. The van der Waals surface area contributed by atoms with E-state index in [1.807, 2.05) is 42.5 Å². The highest BCUT2D eigenvalue weighted by Crippen LogP contribution is 2.30. The van der Waals surface area contributed by atoms with Crippen LogP contribution in [0.25, 0.3) is 0 Å². The van der Waals surface area contributed by atoms with Gasteiger partial charge in [-0.1, -0.05) is 36.4 Å². The number of halogens is 1. The van der Waals surface area contributed by atoms with Crippen LogP contribution in [0.1, 0.15) is 24.8 Å². The largest absolute Gasteiger partial charge is 0.496 e. The SMILES string of the molecule is C=CCCC(=O)N(CCc1ccccc1OC)[C@@H]1CC(C(=O)NCCO)=C[C@H](Oc2ccccc2I)[C@H]1O. The van der Waals surface area contributed by atoms with Gasteiger partial charge in [-0.3, -0.25) is 9.59 Å². The van der Waals surface area contributed by atoms with Crippen molar-refractivity contribution in [2.45, 2.75) is 43.9 Å². The number of amides is 2. The summed E-state index contributed by atoms with van der Waals surface area (Å²) in [6.45, 7) is 3.95. The Morgan fingerprint density at radius 1 is 1.18 bits per heavy atom. The lowest BCUT2D eigenvalue weighted by atomic mass is 9.87. The number of methoxy groups -OCH3 is 1.